The van der Waals surface area contributed by atoms with Gasteiger partial charge in [0.2, 0.25) is 0 Å². The second-order valence-corrected chi connectivity index (χ2v) is 26.3. The van der Waals surface area contributed by atoms with E-state index in [4.69, 9.17) is 23.1 Å². The standard InChI is InChI=1S/C32H65NO6Si2/c1-20-19-35-32(11,12)37-24(20)21(2)25(38-40(15,16)30(5,6)7)22(3)26(39-41(17,18)31(8,9)10)23(4)27-28(36-27)29(34)33(13)14/h20-28H,19H2,1-18H3/t20-,21-,22-,23+,24-,25-,26+,27-,28+/m1/s1. The lowest BCUT2D eigenvalue weighted by atomic mass is 9.78. The van der Waals surface area contributed by atoms with Gasteiger partial charge in [-0.15, -0.1) is 0 Å². The Labute approximate surface area is 255 Å². The van der Waals surface area contributed by atoms with E-state index in [-0.39, 0.29) is 64.1 Å². The maximum absolute atomic E-state index is 12.8. The minimum Gasteiger partial charge on any atom is -0.413 e. The molecule has 2 aliphatic heterocycles. The summed E-state index contributed by atoms with van der Waals surface area (Å²) in [6, 6.07) is 0. The Morgan fingerprint density at radius 2 is 1.27 bits per heavy atom. The van der Waals surface area contributed by atoms with Crippen molar-refractivity contribution in [2.24, 2.45) is 23.7 Å². The van der Waals surface area contributed by atoms with Crippen molar-refractivity contribution in [2.45, 2.75) is 156 Å². The van der Waals surface area contributed by atoms with Gasteiger partial charge in [0.1, 0.15) is 0 Å². The molecule has 2 fully saturated rings. The Kier molecular flexibility index (Phi) is 11.3. The van der Waals surface area contributed by atoms with Crippen molar-refractivity contribution in [2.75, 3.05) is 20.7 Å². The SMILES string of the molecule is C[C@@H]([C@H](O[Si](C)(C)C(C)(C)C)[C@H](C)[C@H]1O[C@@H]1C(=O)N(C)C)[C@H](O[Si](C)(C)C(C)(C)C)[C@H](C)[C@@H]1OC(C)(C)OC[C@H]1C. The summed E-state index contributed by atoms with van der Waals surface area (Å²) in [6.45, 7) is 36.7. The summed E-state index contributed by atoms with van der Waals surface area (Å²) in [5.41, 5.74) is 0. The monoisotopic (exact) mass is 615 g/mol. The molecule has 2 aliphatic rings. The van der Waals surface area contributed by atoms with Gasteiger partial charge in [-0.2, -0.15) is 0 Å². The molecule has 0 aliphatic carbocycles. The maximum Gasteiger partial charge on any atom is 0.253 e. The molecule has 9 atom stereocenters. The van der Waals surface area contributed by atoms with E-state index >= 15 is 0 Å². The molecule has 2 rings (SSSR count). The number of hydrogen-bond donors (Lipinski definition) is 0. The Morgan fingerprint density at radius 1 is 0.854 bits per heavy atom. The fourth-order valence-electron chi connectivity index (χ4n) is 5.49. The Hall–Kier alpha value is -0.296. The topological polar surface area (TPSA) is 69.8 Å². The molecule has 0 aromatic heterocycles. The van der Waals surface area contributed by atoms with Crippen LogP contribution >= 0.6 is 0 Å². The number of amides is 1. The van der Waals surface area contributed by atoms with Crippen molar-refractivity contribution >= 4 is 22.5 Å². The lowest BCUT2D eigenvalue weighted by Crippen LogP contribution is -2.57. The number of hydrogen-bond acceptors (Lipinski definition) is 6. The minimum atomic E-state index is -2.18. The second-order valence-electron chi connectivity index (χ2n) is 16.8. The second kappa shape index (κ2) is 12.6. The van der Waals surface area contributed by atoms with Crippen LogP contribution in [0.3, 0.4) is 0 Å². The molecule has 7 nitrogen and oxygen atoms in total. The van der Waals surface area contributed by atoms with Gasteiger partial charge >= 0.3 is 0 Å². The van der Waals surface area contributed by atoms with Gasteiger partial charge in [-0.25, -0.2) is 0 Å². The summed E-state index contributed by atoms with van der Waals surface area (Å²) < 4.78 is 33.4. The van der Waals surface area contributed by atoms with Crippen molar-refractivity contribution in [3.63, 3.8) is 0 Å². The van der Waals surface area contributed by atoms with Crippen molar-refractivity contribution < 1.29 is 27.9 Å². The quantitative estimate of drug-likeness (QED) is 0.179. The van der Waals surface area contributed by atoms with Gasteiger partial charge < -0.3 is 28.0 Å². The average molecular weight is 616 g/mol. The third kappa shape index (κ3) is 8.67. The first-order valence-electron chi connectivity index (χ1n) is 15.8. The normalized spacial score (nSPS) is 29.3. The predicted octanol–water partition coefficient (Wildman–Crippen LogP) is 7.32. The summed E-state index contributed by atoms with van der Waals surface area (Å²) in [5.74, 6) is -0.201. The largest absolute Gasteiger partial charge is 0.413 e. The van der Waals surface area contributed by atoms with Crippen molar-refractivity contribution in [1.29, 1.82) is 0 Å². The summed E-state index contributed by atoms with van der Waals surface area (Å²) in [4.78, 5) is 14.4. The number of epoxide rings is 1. The van der Waals surface area contributed by atoms with Gasteiger partial charge in [0.15, 0.2) is 28.5 Å². The third-order valence-corrected chi connectivity index (χ3v) is 19.4. The number of nitrogens with zero attached hydrogens (tertiary/aromatic N) is 1. The lowest BCUT2D eigenvalue weighted by Gasteiger charge is -2.50. The summed E-state index contributed by atoms with van der Waals surface area (Å²) in [6.07, 6.45) is -0.824. The summed E-state index contributed by atoms with van der Waals surface area (Å²) in [5, 5.41) is 0.0913. The zero-order valence-electron chi connectivity index (χ0n) is 29.8. The van der Waals surface area contributed by atoms with Gasteiger partial charge in [0.25, 0.3) is 5.91 Å². The minimum absolute atomic E-state index is 0.0139. The molecule has 0 saturated carbocycles. The number of rotatable bonds is 11. The molecule has 242 valence electrons. The fraction of sp³-hybridized carbons (Fsp3) is 0.969. The summed E-state index contributed by atoms with van der Waals surface area (Å²) in [7, 11) is -0.771. The highest BCUT2D eigenvalue weighted by Crippen LogP contribution is 2.46. The van der Waals surface area contributed by atoms with Crippen LogP contribution < -0.4 is 0 Å². The number of ether oxygens (including phenoxy) is 3. The highest BCUT2D eigenvalue weighted by atomic mass is 28.4. The first-order chi connectivity index (χ1) is 18.2. The molecule has 1 amide bonds. The lowest BCUT2D eigenvalue weighted by molar-refractivity contribution is -0.304. The fourth-order valence-corrected chi connectivity index (χ4v) is 8.42. The average Bonchev–Trinajstić information content (AvgIpc) is 3.60. The molecule has 9 heteroatoms. The Balaban J connectivity index is 2.57. The summed E-state index contributed by atoms with van der Waals surface area (Å²) >= 11 is 0. The highest BCUT2D eigenvalue weighted by Gasteiger charge is 2.55. The maximum atomic E-state index is 12.8. The zero-order valence-corrected chi connectivity index (χ0v) is 31.8. The first kappa shape index (κ1) is 36.9. The van der Waals surface area contributed by atoms with E-state index in [1.54, 1.807) is 19.0 Å². The number of carbonyl (C=O) groups is 1. The van der Waals surface area contributed by atoms with Gasteiger partial charge in [-0.3, -0.25) is 4.79 Å². The van der Waals surface area contributed by atoms with E-state index < -0.39 is 28.5 Å². The van der Waals surface area contributed by atoms with Crippen molar-refractivity contribution in [3.05, 3.63) is 0 Å². The van der Waals surface area contributed by atoms with Crippen molar-refractivity contribution in [3.8, 4) is 0 Å². The van der Waals surface area contributed by atoms with Gasteiger partial charge in [-0.1, -0.05) is 69.2 Å². The molecule has 41 heavy (non-hydrogen) atoms. The van der Waals surface area contributed by atoms with Gasteiger partial charge in [-0.05, 0) is 50.1 Å². The molecule has 0 unspecified atom stereocenters. The Bertz CT molecular complexity index is 894. The van der Waals surface area contributed by atoms with Crippen LogP contribution in [0.25, 0.3) is 0 Å². The molecule has 0 aromatic rings. The molecule has 0 N–H and O–H groups in total. The zero-order chi connectivity index (χ0) is 32.1. The predicted molar refractivity (Wildman–Crippen MR) is 173 cm³/mol. The van der Waals surface area contributed by atoms with Crippen LogP contribution in [0, 0.1) is 23.7 Å². The van der Waals surface area contributed by atoms with Crippen LogP contribution in [0.15, 0.2) is 0 Å². The van der Waals surface area contributed by atoms with Gasteiger partial charge in [0.05, 0.1) is 31.0 Å². The van der Waals surface area contributed by atoms with Crippen LogP contribution in [0.5, 0.6) is 0 Å². The van der Waals surface area contributed by atoms with E-state index in [1.807, 2.05) is 13.8 Å². The van der Waals surface area contributed by atoms with Crippen LogP contribution in [0.1, 0.15) is 83.1 Å². The molecule has 0 spiro atoms. The van der Waals surface area contributed by atoms with E-state index in [2.05, 4.69) is 95.4 Å². The highest BCUT2D eigenvalue weighted by molar-refractivity contribution is 6.74. The van der Waals surface area contributed by atoms with E-state index in [9.17, 15) is 4.79 Å². The molecule has 0 bridgehead atoms. The van der Waals surface area contributed by atoms with Crippen LogP contribution in [0.4, 0.5) is 0 Å². The smallest absolute Gasteiger partial charge is 0.253 e. The molecule has 2 heterocycles. The number of likely N-dealkylation sites (N-methyl/N-ethyl adjacent to an activating group) is 1. The van der Waals surface area contributed by atoms with Crippen molar-refractivity contribution in [1.82, 2.24) is 4.90 Å². The molecule has 2 saturated heterocycles. The van der Waals surface area contributed by atoms with Gasteiger partial charge in [0, 0.05) is 37.8 Å². The molecule has 0 radical (unpaired) electrons. The molecular weight excluding hydrogens is 551 g/mol. The van der Waals surface area contributed by atoms with E-state index in [0.29, 0.717) is 6.61 Å². The number of carbonyl (C=O) groups excluding carboxylic acids is 1. The van der Waals surface area contributed by atoms with E-state index in [1.165, 1.54) is 0 Å². The first-order valence-corrected chi connectivity index (χ1v) is 21.6. The molecule has 0 aromatic carbocycles. The van der Waals surface area contributed by atoms with E-state index in [0.717, 1.165) is 0 Å². The Morgan fingerprint density at radius 3 is 1.66 bits per heavy atom. The van der Waals surface area contributed by atoms with Crippen LogP contribution in [0.2, 0.25) is 36.3 Å². The van der Waals surface area contributed by atoms with Crippen LogP contribution in [-0.4, -0.2) is 84.5 Å². The third-order valence-electron chi connectivity index (χ3n) is 10.5. The molecular formula is C32H65NO6Si2. The van der Waals surface area contributed by atoms with Crippen LogP contribution in [-0.2, 0) is 27.9 Å².